The van der Waals surface area contributed by atoms with Gasteiger partial charge >= 0.3 is 0 Å². The van der Waals surface area contributed by atoms with Crippen molar-refractivity contribution in [2.75, 3.05) is 0 Å². The first-order valence-electron chi connectivity index (χ1n) is 13.6. The number of alkyl halides is 1. The zero-order valence-electron chi connectivity index (χ0n) is 21.2. The third-order valence-corrected chi connectivity index (χ3v) is 8.13. The van der Waals surface area contributed by atoms with Crippen LogP contribution in [0.3, 0.4) is 0 Å². The Morgan fingerprint density at radius 2 is 0.655 bits per heavy atom. The highest BCUT2D eigenvalue weighted by Crippen LogP contribution is 2.50. The molecule has 0 rings (SSSR count). The molecule has 0 aliphatic rings. The van der Waals surface area contributed by atoms with E-state index >= 15 is 0 Å². The van der Waals surface area contributed by atoms with Gasteiger partial charge in [0.1, 0.15) is 0 Å². The second kappa shape index (κ2) is 19.2. The summed E-state index contributed by atoms with van der Waals surface area (Å²) in [5.41, 5.74) is 0.493. The van der Waals surface area contributed by atoms with E-state index in [0.717, 1.165) is 0 Å². The van der Waals surface area contributed by atoms with E-state index in [9.17, 15) is 0 Å². The van der Waals surface area contributed by atoms with Crippen molar-refractivity contribution in [1.82, 2.24) is 0 Å². The quantitative estimate of drug-likeness (QED) is 0.108. The molecule has 0 atom stereocenters. The van der Waals surface area contributed by atoms with E-state index in [0.29, 0.717) is 5.41 Å². The van der Waals surface area contributed by atoms with Gasteiger partial charge in [-0.05, 0) is 38.5 Å². The Morgan fingerprint density at radius 1 is 0.414 bits per heavy atom. The molecule has 29 heavy (non-hydrogen) atoms. The lowest BCUT2D eigenvalue weighted by molar-refractivity contribution is 0.149. The molecule has 0 radical (unpaired) electrons. The second-order valence-corrected chi connectivity index (χ2v) is 12.3. The van der Waals surface area contributed by atoms with Crippen LogP contribution in [0.5, 0.6) is 0 Å². The third-order valence-electron chi connectivity index (χ3n) is 7.29. The molecular weight excluding hydrogens is 416 g/mol. The highest BCUT2D eigenvalue weighted by Gasteiger charge is 2.41. The van der Waals surface area contributed by atoms with Gasteiger partial charge < -0.3 is 0 Å². The predicted molar refractivity (Wildman–Crippen MR) is 139 cm³/mol. The standard InChI is InChI=1S/C28H57Br/c1-6-9-12-15-18-21-24-28(27(4,5)29,25-22-19-16-13-10-7-2)26-23-20-17-14-11-8-3/h6-26H2,1-5H3. The second-order valence-electron chi connectivity index (χ2n) is 10.3. The fourth-order valence-electron chi connectivity index (χ4n) is 5.00. The molecule has 0 nitrogen and oxygen atoms in total. The van der Waals surface area contributed by atoms with Gasteiger partial charge in [-0.2, -0.15) is 0 Å². The van der Waals surface area contributed by atoms with Crippen LogP contribution < -0.4 is 0 Å². The zero-order chi connectivity index (χ0) is 21.8. The van der Waals surface area contributed by atoms with Crippen molar-refractivity contribution in [3.63, 3.8) is 0 Å². The molecule has 0 N–H and O–H groups in total. The molecule has 0 unspecified atom stereocenters. The first-order valence-corrected chi connectivity index (χ1v) is 14.4. The highest BCUT2D eigenvalue weighted by atomic mass is 79.9. The minimum atomic E-state index is 0.260. The molecule has 0 aromatic heterocycles. The summed E-state index contributed by atoms with van der Waals surface area (Å²) in [5.74, 6) is 0. The lowest BCUT2D eigenvalue weighted by atomic mass is 9.66. The van der Waals surface area contributed by atoms with Gasteiger partial charge in [-0.3, -0.25) is 0 Å². The molecule has 0 aromatic rings. The maximum Gasteiger partial charge on any atom is 0.0257 e. The van der Waals surface area contributed by atoms with E-state index in [4.69, 9.17) is 0 Å². The van der Waals surface area contributed by atoms with E-state index < -0.39 is 0 Å². The molecule has 1 heteroatoms. The first-order chi connectivity index (χ1) is 13.9. The van der Waals surface area contributed by atoms with Gasteiger partial charge in [0.25, 0.3) is 0 Å². The van der Waals surface area contributed by atoms with Crippen LogP contribution in [0, 0.1) is 5.41 Å². The topological polar surface area (TPSA) is 0 Å². The molecule has 0 bridgehead atoms. The number of hydrogen-bond acceptors (Lipinski definition) is 0. The van der Waals surface area contributed by atoms with E-state index in [1.54, 1.807) is 0 Å². The van der Waals surface area contributed by atoms with Gasteiger partial charge in [-0.1, -0.05) is 152 Å². The summed E-state index contributed by atoms with van der Waals surface area (Å²) in [6, 6.07) is 0. The van der Waals surface area contributed by atoms with Crippen molar-refractivity contribution in [2.45, 2.75) is 174 Å². The average Bonchev–Trinajstić information content (AvgIpc) is 2.68. The van der Waals surface area contributed by atoms with Crippen LogP contribution in [0.1, 0.15) is 169 Å². The Kier molecular flexibility index (Phi) is 19.5. The van der Waals surface area contributed by atoms with E-state index in [-0.39, 0.29) is 4.32 Å². The molecule has 0 heterocycles. The Hall–Kier alpha value is 0.480. The van der Waals surface area contributed by atoms with Crippen LogP contribution in [-0.4, -0.2) is 4.32 Å². The maximum absolute atomic E-state index is 4.18. The summed E-state index contributed by atoms with van der Waals surface area (Å²) in [6.45, 7) is 11.9. The molecule has 176 valence electrons. The average molecular weight is 474 g/mol. The molecule has 0 aliphatic carbocycles. The van der Waals surface area contributed by atoms with Gasteiger partial charge in [-0.25, -0.2) is 0 Å². The smallest absolute Gasteiger partial charge is 0.0257 e. The Morgan fingerprint density at radius 3 is 0.897 bits per heavy atom. The molecule has 0 aromatic carbocycles. The number of halogens is 1. The van der Waals surface area contributed by atoms with Crippen molar-refractivity contribution in [3.8, 4) is 0 Å². The Labute approximate surface area is 194 Å². The van der Waals surface area contributed by atoms with Crippen LogP contribution in [-0.2, 0) is 0 Å². The third kappa shape index (κ3) is 15.0. The lowest BCUT2D eigenvalue weighted by Gasteiger charge is -2.45. The summed E-state index contributed by atoms with van der Waals surface area (Å²) < 4.78 is 0.260. The molecule has 0 amide bonds. The molecular formula is C28H57Br. The van der Waals surface area contributed by atoms with Crippen molar-refractivity contribution in [3.05, 3.63) is 0 Å². The summed E-state index contributed by atoms with van der Waals surface area (Å²) in [6.07, 6.45) is 29.9. The highest BCUT2D eigenvalue weighted by molar-refractivity contribution is 9.10. The van der Waals surface area contributed by atoms with Crippen molar-refractivity contribution in [2.24, 2.45) is 5.41 Å². The minimum absolute atomic E-state index is 0.260. The zero-order valence-corrected chi connectivity index (χ0v) is 22.8. The molecule has 0 saturated heterocycles. The monoisotopic (exact) mass is 472 g/mol. The number of rotatable bonds is 22. The van der Waals surface area contributed by atoms with Crippen LogP contribution in [0.25, 0.3) is 0 Å². The fraction of sp³-hybridized carbons (Fsp3) is 1.00. The number of hydrogen-bond donors (Lipinski definition) is 0. The van der Waals surface area contributed by atoms with Gasteiger partial charge in [0.05, 0.1) is 0 Å². The molecule has 0 spiro atoms. The SMILES string of the molecule is CCCCCCCCC(CCCCCCCC)(CCCCCCCC)C(C)(C)Br. The Bertz CT molecular complexity index is 287. The summed E-state index contributed by atoms with van der Waals surface area (Å²) in [4.78, 5) is 0. The Balaban J connectivity index is 4.67. The van der Waals surface area contributed by atoms with Crippen molar-refractivity contribution >= 4 is 15.9 Å². The summed E-state index contributed by atoms with van der Waals surface area (Å²) in [5, 5.41) is 0. The summed E-state index contributed by atoms with van der Waals surface area (Å²) in [7, 11) is 0. The van der Waals surface area contributed by atoms with Crippen molar-refractivity contribution < 1.29 is 0 Å². The summed E-state index contributed by atoms with van der Waals surface area (Å²) >= 11 is 4.18. The van der Waals surface area contributed by atoms with Gasteiger partial charge in [0.2, 0.25) is 0 Å². The first kappa shape index (κ1) is 29.5. The van der Waals surface area contributed by atoms with Gasteiger partial charge in [0, 0.05) is 4.32 Å². The minimum Gasteiger partial charge on any atom is -0.0853 e. The van der Waals surface area contributed by atoms with E-state index in [1.165, 1.54) is 135 Å². The van der Waals surface area contributed by atoms with E-state index in [1.807, 2.05) is 0 Å². The predicted octanol–water partition coefficient (Wildman–Crippen LogP) is 11.4. The largest absolute Gasteiger partial charge is 0.0853 e. The van der Waals surface area contributed by atoms with Crippen LogP contribution in [0.4, 0.5) is 0 Å². The van der Waals surface area contributed by atoms with Crippen molar-refractivity contribution in [1.29, 1.82) is 0 Å². The lowest BCUT2D eigenvalue weighted by Crippen LogP contribution is -2.39. The number of unbranched alkanes of at least 4 members (excludes halogenated alkanes) is 15. The molecule has 0 fully saturated rings. The maximum atomic E-state index is 4.18. The fourth-order valence-corrected chi connectivity index (χ4v) is 5.59. The normalized spacial score (nSPS) is 12.6. The molecule has 0 saturated carbocycles. The van der Waals surface area contributed by atoms with Crippen LogP contribution >= 0.6 is 15.9 Å². The molecule has 0 aliphatic heterocycles. The van der Waals surface area contributed by atoms with Gasteiger partial charge in [-0.15, -0.1) is 0 Å². The van der Waals surface area contributed by atoms with E-state index in [2.05, 4.69) is 50.5 Å². The van der Waals surface area contributed by atoms with Gasteiger partial charge in [0.15, 0.2) is 0 Å². The van der Waals surface area contributed by atoms with Crippen LogP contribution in [0.2, 0.25) is 0 Å². The van der Waals surface area contributed by atoms with Crippen LogP contribution in [0.15, 0.2) is 0 Å².